The molecule has 2 aromatic rings. The normalized spacial score (nSPS) is 28.4. The molecule has 244 valence electrons. The number of rotatable bonds is 8. The molecule has 11 N–H and O–H groups in total. The predicted octanol–water partition coefficient (Wildman–Crippen LogP) is -5.70. The third-order valence-corrected chi connectivity index (χ3v) is 6.56. The molecule has 44 heavy (non-hydrogen) atoms. The second kappa shape index (κ2) is 13.6. The summed E-state index contributed by atoms with van der Waals surface area (Å²) in [4.78, 5) is 69.3. The molecule has 2 saturated heterocycles. The first kappa shape index (κ1) is 34.9. The first-order valence-corrected chi connectivity index (χ1v) is 13.4. The molecule has 2 aromatic heterocycles. The number of carbonyl (C=O) groups is 2. The Morgan fingerprint density at radius 2 is 1.23 bits per heavy atom. The van der Waals surface area contributed by atoms with Gasteiger partial charge >= 0.3 is 7.82 Å². The van der Waals surface area contributed by atoms with E-state index in [2.05, 4.69) is 14.5 Å². The van der Waals surface area contributed by atoms with Crippen LogP contribution in [0, 0.1) is 11.9 Å². The van der Waals surface area contributed by atoms with Gasteiger partial charge in [-0.15, -0.1) is 0 Å². The van der Waals surface area contributed by atoms with Crippen LogP contribution in [-0.4, -0.2) is 116 Å². The van der Waals surface area contributed by atoms with Gasteiger partial charge in [0.1, 0.15) is 36.6 Å². The number of ether oxygens (including phenoxy) is 2. The first-order chi connectivity index (χ1) is 20.4. The minimum atomic E-state index is -4.87. The highest BCUT2D eigenvalue weighted by molar-refractivity contribution is 7.46. The number of nitrogens with zero attached hydrogens (tertiary/aromatic N) is 4. The molecule has 0 unspecified atom stereocenters. The van der Waals surface area contributed by atoms with Gasteiger partial charge in [0.15, 0.2) is 23.8 Å². The maximum Gasteiger partial charge on any atom is 0.469 e. The summed E-state index contributed by atoms with van der Waals surface area (Å²) in [6, 6.07) is 0. The fourth-order valence-electron chi connectivity index (χ4n) is 4.03. The molecule has 0 radical (unpaired) electrons. The van der Waals surface area contributed by atoms with Crippen molar-refractivity contribution in [3.8, 4) is 0 Å². The van der Waals surface area contributed by atoms with Crippen molar-refractivity contribution in [3.63, 3.8) is 0 Å². The molecule has 2 amide bonds. The zero-order valence-electron chi connectivity index (χ0n) is 21.7. The molecule has 0 aromatic carbocycles. The Labute approximate surface area is 241 Å². The summed E-state index contributed by atoms with van der Waals surface area (Å²) in [5.41, 5.74) is 5.72. The molecule has 0 aliphatic carbocycles. The van der Waals surface area contributed by atoms with Gasteiger partial charge in [-0.2, -0.15) is 8.78 Å². The second-order valence-corrected chi connectivity index (χ2v) is 10.3. The van der Waals surface area contributed by atoms with E-state index in [1.165, 1.54) is 0 Å². The van der Waals surface area contributed by atoms with Gasteiger partial charge in [0, 0.05) is 0 Å². The van der Waals surface area contributed by atoms with Crippen molar-refractivity contribution in [1.82, 2.24) is 19.1 Å². The molecule has 24 heteroatoms. The van der Waals surface area contributed by atoms with Crippen molar-refractivity contribution < 1.29 is 72.3 Å². The molecule has 0 saturated carbocycles. The van der Waals surface area contributed by atoms with Gasteiger partial charge in [0.05, 0.1) is 25.6 Å². The molecule has 0 spiro atoms. The molecule has 0 bridgehead atoms. The van der Waals surface area contributed by atoms with Gasteiger partial charge in [-0.1, -0.05) is 0 Å². The van der Waals surface area contributed by atoms with Crippen LogP contribution >= 0.6 is 7.82 Å². The zero-order valence-corrected chi connectivity index (χ0v) is 22.6. The van der Waals surface area contributed by atoms with E-state index in [0.29, 0.717) is 21.5 Å². The molecule has 21 nitrogen and oxygen atoms in total. The standard InChI is InChI=1S/C10H13FN3O9P.C10H12FN3O6/c11-4-1-14(9(18)5(13-4)8(12)17)10-7(16)6(15)3(23-10)2-22-24(19,20)21;11-4-1-14(9(19)5(13-4)8(12)18)10-7(17)6(16)3(2-15)20-10/h1,3,6-7,10,15-16H,2H2,(H2,12,17)(H2,19,20,21);1,3,6-7,10,15-17H,2H2,(H2,12,18)/t2*3-,6-,7-,10-/m11/s1. The number of phosphoric acid groups is 1. The number of hydrogen-bond donors (Lipinski definition) is 9. The Kier molecular flexibility index (Phi) is 10.8. The number of halogens is 2. The largest absolute Gasteiger partial charge is 0.469 e. The van der Waals surface area contributed by atoms with Crippen LogP contribution in [0.3, 0.4) is 0 Å². The Hall–Kier alpha value is -3.61. The summed E-state index contributed by atoms with van der Waals surface area (Å²) in [6.45, 7) is -1.43. The number of aliphatic hydroxyl groups excluding tert-OH is 5. The number of primary amides is 2. The fraction of sp³-hybridized carbons (Fsp3) is 0.500. The SMILES string of the molecule is NC(=O)c1nc(F)cn([C@@H]2O[C@H](CO)[C@@H](O)[C@H]2O)c1=O.NC(=O)c1nc(F)cn([C@@H]2O[C@H](COP(=O)(O)O)[C@@H](O)[C@H]2O)c1=O. The molecular weight excluding hydrogens is 633 g/mol. The molecule has 2 aliphatic heterocycles. The van der Waals surface area contributed by atoms with Gasteiger partial charge in [0.25, 0.3) is 22.9 Å². The van der Waals surface area contributed by atoms with E-state index in [1.54, 1.807) is 0 Å². The topological polar surface area (TPSA) is 342 Å². The van der Waals surface area contributed by atoms with Crippen molar-refractivity contribution in [3.05, 3.63) is 56.4 Å². The zero-order chi connectivity index (χ0) is 33.3. The maximum atomic E-state index is 13.4. The fourth-order valence-corrected chi connectivity index (χ4v) is 4.38. The average Bonchev–Trinajstić information content (AvgIpc) is 3.38. The van der Waals surface area contributed by atoms with Crippen molar-refractivity contribution in [2.24, 2.45) is 11.5 Å². The van der Waals surface area contributed by atoms with Crippen molar-refractivity contribution in [2.45, 2.75) is 49.1 Å². The minimum Gasteiger partial charge on any atom is -0.394 e. The Morgan fingerprint density at radius 1 is 0.841 bits per heavy atom. The highest BCUT2D eigenvalue weighted by Gasteiger charge is 2.46. The van der Waals surface area contributed by atoms with Gasteiger partial charge < -0.3 is 56.3 Å². The van der Waals surface area contributed by atoms with Crippen LogP contribution in [0.4, 0.5) is 8.78 Å². The van der Waals surface area contributed by atoms with Crippen LogP contribution in [0.5, 0.6) is 0 Å². The smallest absolute Gasteiger partial charge is 0.394 e. The van der Waals surface area contributed by atoms with Crippen molar-refractivity contribution >= 4 is 19.6 Å². The Bertz CT molecular complexity index is 1570. The van der Waals surface area contributed by atoms with Crippen LogP contribution in [0.1, 0.15) is 33.4 Å². The summed E-state index contributed by atoms with van der Waals surface area (Å²) in [5, 5.41) is 48.0. The number of carbonyl (C=O) groups excluding carboxylic acids is 2. The van der Waals surface area contributed by atoms with Gasteiger partial charge in [-0.05, 0) is 0 Å². The number of hydrogen-bond acceptors (Lipinski definition) is 15. The lowest BCUT2D eigenvalue weighted by Gasteiger charge is -2.18. The van der Waals surface area contributed by atoms with Crippen LogP contribution in [-0.2, 0) is 18.6 Å². The summed E-state index contributed by atoms with van der Waals surface area (Å²) < 4.78 is 52.7. The van der Waals surface area contributed by atoms with Gasteiger partial charge in [0.2, 0.25) is 11.9 Å². The number of aromatic nitrogens is 4. The predicted molar refractivity (Wildman–Crippen MR) is 131 cm³/mol. The number of nitrogens with two attached hydrogens (primary N) is 2. The summed E-state index contributed by atoms with van der Waals surface area (Å²) >= 11 is 0. The second-order valence-electron chi connectivity index (χ2n) is 9.04. The van der Waals surface area contributed by atoms with Gasteiger partial charge in [-0.25, -0.2) is 14.5 Å². The third kappa shape index (κ3) is 7.54. The number of phosphoric ester groups is 1. The Balaban J connectivity index is 0.000000244. The van der Waals surface area contributed by atoms with E-state index in [9.17, 15) is 53.0 Å². The number of aliphatic hydroxyl groups is 5. The minimum absolute atomic E-state index is 0.452. The monoisotopic (exact) mass is 658 g/mol. The van der Waals surface area contributed by atoms with Crippen molar-refractivity contribution in [1.29, 1.82) is 0 Å². The number of amides is 2. The summed E-state index contributed by atoms with van der Waals surface area (Å²) in [6.07, 6.45) is -11.1. The van der Waals surface area contributed by atoms with Crippen molar-refractivity contribution in [2.75, 3.05) is 13.2 Å². The molecule has 2 fully saturated rings. The van der Waals surface area contributed by atoms with E-state index in [4.69, 9.17) is 35.8 Å². The van der Waals surface area contributed by atoms with Crippen LogP contribution in [0.2, 0.25) is 0 Å². The lowest BCUT2D eigenvalue weighted by Crippen LogP contribution is -2.38. The van der Waals surface area contributed by atoms with E-state index >= 15 is 0 Å². The quantitative estimate of drug-likeness (QED) is 0.119. The van der Waals surface area contributed by atoms with Crippen LogP contribution < -0.4 is 22.6 Å². The highest BCUT2D eigenvalue weighted by Crippen LogP contribution is 2.38. The van der Waals surface area contributed by atoms with E-state index in [1.807, 2.05) is 0 Å². The highest BCUT2D eigenvalue weighted by atomic mass is 31.2. The van der Waals surface area contributed by atoms with E-state index < -0.39 is 116 Å². The van der Waals surface area contributed by atoms with Crippen LogP contribution in [0.25, 0.3) is 0 Å². The maximum absolute atomic E-state index is 13.4. The molecular formula is C20H25F2N6O15P. The lowest BCUT2D eigenvalue weighted by molar-refractivity contribution is -0.0550. The average molecular weight is 658 g/mol. The summed E-state index contributed by atoms with van der Waals surface area (Å²) in [5.74, 6) is -5.02. The van der Waals surface area contributed by atoms with E-state index in [0.717, 1.165) is 0 Å². The molecule has 4 heterocycles. The molecule has 8 atom stereocenters. The van der Waals surface area contributed by atoms with Gasteiger partial charge in [-0.3, -0.25) is 32.8 Å². The summed E-state index contributed by atoms with van der Waals surface area (Å²) in [7, 11) is -4.87. The third-order valence-electron chi connectivity index (χ3n) is 6.08. The lowest BCUT2D eigenvalue weighted by atomic mass is 10.1. The first-order valence-electron chi connectivity index (χ1n) is 11.9. The van der Waals surface area contributed by atoms with E-state index in [-0.39, 0.29) is 0 Å². The Morgan fingerprint density at radius 3 is 1.57 bits per heavy atom. The van der Waals surface area contributed by atoms with Crippen LogP contribution in [0.15, 0.2) is 22.0 Å². The molecule has 4 rings (SSSR count). The molecule has 2 aliphatic rings.